The number of carboxylic acids is 1. The van der Waals surface area contributed by atoms with E-state index in [4.69, 9.17) is 9.84 Å². The topological polar surface area (TPSA) is 75.6 Å². The smallest absolute Gasteiger partial charge is 0.329 e. The van der Waals surface area contributed by atoms with Gasteiger partial charge in [-0.3, -0.25) is 4.79 Å². The number of hydrogen-bond acceptors (Lipinski definition) is 3. The summed E-state index contributed by atoms with van der Waals surface area (Å²) in [4.78, 5) is 21.3. The van der Waals surface area contributed by atoms with Crippen LogP contribution in [0.3, 0.4) is 0 Å². The van der Waals surface area contributed by atoms with Gasteiger partial charge in [-0.15, -0.1) is 0 Å². The number of rotatable bonds is 7. The Kier molecular flexibility index (Phi) is 5.10. The lowest BCUT2D eigenvalue weighted by molar-refractivity contribution is -0.142. The third-order valence-electron chi connectivity index (χ3n) is 2.49. The molecule has 0 aromatic carbocycles. The van der Waals surface area contributed by atoms with Gasteiger partial charge in [0.05, 0.1) is 6.61 Å². The summed E-state index contributed by atoms with van der Waals surface area (Å²) in [5.74, 6) is -0.389. The van der Waals surface area contributed by atoms with E-state index in [1.807, 2.05) is 0 Å². The van der Waals surface area contributed by atoms with Crippen molar-refractivity contribution in [2.45, 2.75) is 25.7 Å². The van der Waals surface area contributed by atoms with Crippen molar-refractivity contribution in [3.8, 4) is 0 Å². The van der Waals surface area contributed by atoms with Gasteiger partial charge in [-0.2, -0.15) is 0 Å². The Morgan fingerprint density at radius 2 is 2.13 bits per heavy atom. The van der Waals surface area contributed by atoms with Gasteiger partial charge in [-0.05, 0) is 18.8 Å². The SMILES string of the molecule is O=C(O)COCCNC(=O)CC1CCC1. The van der Waals surface area contributed by atoms with Crippen molar-refractivity contribution in [1.82, 2.24) is 5.32 Å². The summed E-state index contributed by atoms with van der Waals surface area (Å²) < 4.78 is 4.78. The van der Waals surface area contributed by atoms with Crippen molar-refractivity contribution in [2.24, 2.45) is 5.92 Å². The number of carbonyl (C=O) groups is 2. The molecule has 1 amide bonds. The fourth-order valence-electron chi connectivity index (χ4n) is 1.45. The van der Waals surface area contributed by atoms with Crippen LogP contribution in [0.25, 0.3) is 0 Å². The van der Waals surface area contributed by atoms with Crippen LogP contribution in [0.2, 0.25) is 0 Å². The number of ether oxygens (including phenoxy) is 1. The summed E-state index contributed by atoms with van der Waals surface area (Å²) in [6.07, 6.45) is 4.14. The Labute approximate surface area is 88.8 Å². The Balaban J connectivity index is 1.90. The average molecular weight is 215 g/mol. The molecule has 0 aromatic heterocycles. The number of carboxylic acid groups (broad SMARTS) is 1. The zero-order chi connectivity index (χ0) is 11.1. The van der Waals surface area contributed by atoms with Gasteiger partial charge >= 0.3 is 5.97 Å². The summed E-state index contributed by atoms with van der Waals surface area (Å²) in [6.45, 7) is 0.333. The molecule has 0 aromatic rings. The average Bonchev–Trinajstić information content (AvgIpc) is 2.10. The quantitative estimate of drug-likeness (QED) is 0.602. The number of nitrogens with one attached hydrogen (secondary N) is 1. The monoisotopic (exact) mass is 215 g/mol. The fourth-order valence-corrected chi connectivity index (χ4v) is 1.45. The van der Waals surface area contributed by atoms with E-state index < -0.39 is 5.97 Å². The lowest BCUT2D eigenvalue weighted by atomic mass is 9.83. The molecule has 5 nitrogen and oxygen atoms in total. The number of amides is 1. The molecule has 15 heavy (non-hydrogen) atoms. The molecular formula is C10H17NO4. The van der Waals surface area contributed by atoms with Crippen LogP contribution in [0.1, 0.15) is 25.7 Å². The first-order valence-corrected chi connectivity index (χ1v) is 5.24. The summed E-state index contributed by atoms with van der Waals surface area (Å²) in [6, 6.07) is 0. The standard InChI is InChI=1S/C10H17NO4/c12-9(6-8-2-1-3-8)11-4-5-15-7-10(13)14/h8H,1-7H2,(H,11,12)(H,13,14). The fraction of sp³-hybridized carbons (Fsp3) is 0.800. The Hall–Kier alpha value is -1.10. The van der Waals surface area contributed by atoms with Crippen molar-refractivity contribution in [3.63, 3.8) is 0 Å². The van der Waals surface area contributed by atoms with Gasteiger partial charge in [0.25, 0.3) is 0 Å². The van der Waals surface area contributed by atoms with Gasteiger partial charge in [0, 0.05) is 13.0 Å². The van der Waals surface area contributed by atoms with Gasteiger partial charge in [0.2, 0.25) is 5.91 Å². The minimum atomic E-state index is -0.990. The zero-order valence-electron chi connectivity index (χ0n) is 8.70. The van der Waals surface area contributed by atoms with E-state index in [0.717, 1.165) is 12.8 Å². The van der Waals surface area contributed by atoms with Crippen LogP contribution in [0.5, 0.6) is 0 Å². The van der Waals surface area contributed by atoms with Crippen LogP contribution in [-0.4, -0.2) is 36.7 Å². The first-order chi connectivity index (χ1) is 7.18. The van der Waals surface area contributed by atoms with E-state index in [1.165, 1.54) is 6.42 Å². The molecule has 1 rings (SSSR count). The molecular weight excluding hydrogens is 198 g/mol. The molecule has 2 N–H and O–H groups in total. The normalized spacial score (nSPS) is 15.7. The van der Waals surface area contributed by atoms with E-state index in [-0.39, 0.29) is 19.1 Å². The van der Waals surface area contributed by atoms with Crippen molar-refractivity contribution in [1.29, 1.82) is 0 Å². The molecule has 0 heterocycles. The predicted molar refractivity (Wildman–Crippen MR) is 53.4 cm³/mol. The second kappa shape index (κ2) is 6.40. The van der Waals surface area contributed by atoms with E-state index in [0.29, 0.717) is 18.9 Å². The molecule has 86 valence electrons. The maximum atomic E-state index is 11.3. The van der Waals surface area contributed by atoms with Gasteiger partial charge in [0.15, 0.2) is 0 Å². The molecule has 1 aliphatic carbocycles. The van der Waals surface area contributed by atoms with Gasteiger partial charge in [0.1, 0.15) is 6.61 Å². The highest BCUT2D eigenvalue weighted by atomic mass is 16.5. The lowest BCUT2D eigenvalue weighted by Crippen LogP contribution is -2.30. The van der Waals surface area contributed by atoms with Crippen LogP contribution < -0.4 is 5.32 Å². The molecule has 0 bridgehead atoms. The second-order valence-electron chi connectivity index (χ2n) is 3.80. The zero-order valence-corrected chi connectivity index (χ0v) is 8.70. The number of carbonyl (C=O) groups excluding carboxylic acids is 1. The first kappa shape index (κ1) is 12.0. The molecule has 0 saturated heterocycles. The minimum Gasteiger partial charge on any atom is -0.480 e. The van der Waals surface area contributed by atoms with Crippen LogP contribution in [0, 0.1) is 5.92 Å². The Bertz CT molecular complexity index is 225. The highest BCUT2D eigenvalue weighted by molar-refractivity contribution is 5.76. The second-order valence-corrected chi connectivity index (χ2v) is 3.80. The van der Waals surface area contributed by atoms with E-state index in [1.54, 1.807) is 0 Å². The predicted octanol–water partition coefficient (Wildman–Crippen LogP) is 0.394. The van der Waals surface area contributed by atoms with Gasteiger partial charge < -0.3 is 15.2 Å². The van der Waals surface area contributed by atoms with Crippen molar-refractivity contribution < 1.29 is 19.4 Å². The molecule has 0 atom stereocenters. The molecule has 0 aliphatic heterocycles. The largest absolute Gasteiger partial charge is 0.480 e. The molecule has 0 unspecified atom stereocenters. The van der Waals surface area contributed by atoms with Crippen LogP contribution in [0.15, 0.2) is 0 Å². The summed E-state index contributed by atoms with van der Waals surface area (Å²) in [5, 5.41) is 11.0. The molecule has 1 aliphatic rings. The molecule has 1 saturated carbocycles. The molecule has 5 heteroatoms. The van der Waals surface area contributed by atoms with Crippen molar-refractivity contribution >= 4 is 11.9 Å². The Morgan fingerprint density at radius 3 is 2.67 bits per heavy atom. The van der Waals surface area contributed by atoms with Crippen LogP contribution >= 0.6 is 0 Å². The maximum Gasteiger partial charge on any atom is 0.329 e. The maximum absolute atomic E-state index is 11.3. The van der Waals surface area contributed by atoms with Crippen molar-refractivity contribution in [2.75, 3.05) is 19.8 Å². The third kappa shape index (κ3) is 5.37. The third-order valence-corrected chi connectivity index (χ3v) is 2.49. The van der Waals surface area contributed by atoms with E-state index >= 15 is 0 Å². The summed E-state index contributed by atoms with van der Waals surface area (Å²) >= 11 is 0. The van der Waals surface area contributed by atoms with E-state index in [9.17, 15) is 9.59 Å². The molecule has 0 spiro atoms. The van der Waals surface area contributed by atoms with E-state index in [2.05, 4.69) is 5.32 Å². The summed E-state index contributed by atoms with van der Waals surface area (Å²) in [7, 11) is 0. The van der Waals surface area contributed by atoms with Crippen LogP contribution in [-0.2, 0) is 14.3 Å². The highest BCUT2D eigenvalue weighted by Crippen LogP contribution is 2.28. The number of hydrogen-bond donors (Lipinski definition) is 2. The molecule has 0 radical (unpaired) electrons. The minimum absolute atomic E-state index is 0.0404. The van der Waals surface area contributed by atoms with Gasteiger partial charge in [-0.1, -0.05) is 6.42 Å². The lowest BCUT2D eigenvalue weighted by Gasteiger charge is -2.24. The number of aliphatic carboxylic acids is 1. The first-order valence-electron chi connectivity index (χ1n) is 5.24. The highest BCUT2D eigenvalue weighted by Gasteiger charge is 2.20. The Morgan fingerprint density at radius 1 is 1.40 bits per heavy atom. The summed E-state index contributed by atoms with van der Waals surface area (Å²) in [5.41, 5.74) is 0. The van der Waals surface area contributed by atoms with Crippen molar-refractivity contribution in [3.05, 3.63) is 0 Å². The van der Waals surface area contributed by atoms with Crippen LogP contribution in [0.4, 0.5) is 0 Å². The van der Waals surface area contributed by atoms with Gasteiger partial charge in [-0.25, -0.2) is 4.79 Å². The molecule has 1 fully saturated rings.